The zero-order valence-electron chi connectivity index (χ0n) is 27.4. The second-order valence-corrected chi connectivity index (χ2v) is 12.4. The molecule has 2 amide bonds. The van der Waals surface area contributed by atoms with E-state index >= 15 is 0 Å². The molecule has 2 N–H and O–H groups in total. The summed E-state index contributed by atoms with van der Waals surface area (Å²) in [5.41, 5.74) is 2.18. The number of unbranched alkanes of at least 4 members (excludes halogenated alkanes) is 2. The Morgan fingerprint density at radius 1 is 0.816 bits per heavy atom. The van der Waals surface area contributed by atoms with E-state index in [1.54, 1.807) is 30.9 Å². The van der Waals surface area contributed by atoms with Crippen molar-refractivity contribution >= 4 is 34.5 Å². The molecule has 0 fully saturated rings. The molecular weight excluding hydrogens is 652 g/mol. The highest BCUT2D eigenvalue weighted by Crippen LogP contribution is 2.35. The Labute approximate surface area is 287 Å². The Balaban J connectivity index is 1.03. The van der Waals surface area contributed by atoms with Crippen LogP contribution in [0, 0.1) is 0 Å². The van der Waals surface area contributed by atoms with Crippen LogP contribution < -0.4 is 44.6 Å². The summed E-state index contributed by atoms with van der Waals surface area (Å²) in [7, 11) is 3.17. The topological polar surface area (TPSA) is 148 Å². The number of hydrogen-bond donors (Lipinski definition) is 2. The minimum Gasteiger partial charge on any atom is -0.493 e. The molecule has 13 nitrogen and oxygen atoms in total. The lowest BCUT2D eigenvalue weighted by atomic mass is 10.1. The van der Waals surface area contributed by atoms with Crippen LogP contribution in [0.2, 0.25) is 0 Å². The van der Waals surface area contributed by atoms with Crippen molar-refractivity contribution in [3.63, 3.8) is 0 Å². The molecule has 3 heterocycles. The van der Waals surface area contributed by atoms with Crippen LogP contribution in [-0.4, -0.2) is 61.5 Å². The Bertz CT molecular complexity index is 1900. The lowest BCUT2D eigenvalue weighted by Gasteiger charge is -2.14. The number of nitrogens with zero attached hydrogens (tertiary/aromatic N) is 2. The molecule has 0 saturated carbocycles. The number of benzene rings is 3. The van der Waals surface area contributed by atoms with Crippen LogP contribution in [0.4, 0.5) is 0 Å². The van der Waals surface area contributed by atoms with Crippen molar-refractivity contribution in [3.8, 4) is 34.5 Å². The molecule has 2 aliphatic heterocycles. The predicted molar refractivity (Wildman–Crippen MR) is 182 cm³/mol. The molecule has 14 heteroatoms. The Kier molecular flexibility index (Phi) is 10.9. The Hall–Kier alpha value is -5.11. The summed E-state index contributed by atoms with van der Waals surface area (Å²) >= 11 is 1.21. The fraction of sp³-hybridized carbons (Fsp3) is 0.371. The number of amides is 2. The van der Waals surface area contributed by atoms with Crippen LogP contribution in [0.3, 0.4) is 0 Å². The average molecular weight is 691 g/mol. The van der Waals surface area contributed by atoms with Gasteiger partial charge in [0.25, 0.3) is 5.56 Å². The standard InChI is InChI=1S/C35H38N4O9S/c1-43-26-9-7-22(14-28(26)44-2)11-12-36-33(41)19-49-35-38-25-17-31-30(47-21-48-31)16-24(25)34(42)39(35)13-5-3-4-6-32(40)37-18-23-8-10-27-29(15-23)46-20-45-27/h7-10,14-17H,3-6,11-13,18-21H2,1-2H3,(H,36,41)(H,37,40). The van der Waals surface area contributed by atoms with Gasteiger partial charge in [-0.1, -0.05) is 30.3 Å². The largest absolute Gasteiger partial charge is 0.493 e. The molecule has 6 rings (SSSR count). The molecule has 0 saturated heterocycles. The van der Waals surface area contributed by atoms with Gasteiger partial charge in [0.15, 0.2) is 39.7 Å². The zero-order chi connectivity index (χ0) is 34.2. The number of hydrogen-bond acceptors (Lipinski definition) is 11. The van der Waals surface area contributed by atoms with Gasteiger partial charge in [0.1, 0.15) is 0 Å². The maximum atomic E-state index is 13.7. The number of thioether (sulfide) groups is 1. The first kappa shape index (κ1) is 33.8. The summed E-state index contributed by atoms with van der Waals surface area (Å²) in [6, 6.07) is 14.6. The molecule has 258 valence electrons. The number of carbonyl (C=O) groups is 2. The zero-order valence-corrected chi connectivity index (χ0v) is 28.2. The number of ether oxygens (including phenoxy) is 6. The summed E-state index contributed by atoms with van der Waals surface area (Å²) in [6.07, 6.45) is 3.01. The minimum atomic E-state index is -0.221. The molecule has 0 spiro atoms. The first-order valence-corrected chi connectivity index (χ1v) is 17.0. The fourth-order valence-electron chi connectivity index (χ4n) is 5.53. The van der Waals surface area contributed by atoms with Gasteiger partial charge >= 0.3 is 0 Å². The Morgan fingerprint density at radius 2 is 1.55 bits per heavy atom. The highest BCUT2D eigenvalue weighted by molar-refractivity contribution is 7.99. The van der Waals surface area contributed by atoms with Crippen molar-refractivity contribution in [2.45, 2.75) is 50.4 Å². The highest BCUT2D eigenvalue weighted by atomic mass is 32.2. The van der Waals surface area contributed by atoms with Crippen LogP contribution >= 0.6 is 11.8 Å². The number of rotatable bonds is 16. The molecule has 2 aliphatic rings. The van der Waals surface area contributed by atoms with Gasteiger partial charge in [0.05, 0.1) is 30.9 Å². The molecule has 0 atom stereocenters. The molecule has 0 radical (unpaired) electrons. The van der Waals surface area contributed by atoms with Gasteiger partial charge in [-0.15, -0.1) is 0 Å². The summed E-state index contributed by atoms with van der Waals surface area (Å²) in [5.74, 6) is 3.54. The molecule has 4 aromatic rings. The lowest BCUT2D eigenvalue weighted by molar-refractivity contribution is -0.121. The van der Waals surface area contributed by atoms with Crippen molar-refractivity contribution in [2.75, 3.05) is 40.1 Å². The van der Waals surface area contributed by atoms with Crippen LogP contribution in [0.15, 0.2) is 58.5 Å². The highest BCUT2D eigenvalue weighted by Gasteiger charge is 2.20. The third-order valence-electron chi connectivity index (χ3n) is 8.14. The molecule has 0 aliphatic carbocycles. The summed E-state index contributed by atoms with van der Waals surface area (Å²) in [4.78, 5) is 43.8. The van der Waals surface area contributed by atoms with Gasteiger partial charge in [-0.05, 0) is 60.7 Å². The third-order valence-corrected chi connectivity index (χ3v) is 9.12. The van der Waals surface area contributed by atoms with Gasteiger partial charge in [-0.3, -0.25) is 19.0 Å². The monoisotopic (exact) mass is 690 g/mol. The number of methoxy groups -OCH3 is 2. The average Bonchev–Trinajstić information content (AvgIpc) is 3.79. The number of fused-ring (bicyclic) bond motifs is 3. The van der Waals surface area contributed by atoms with Crippen molar-refractivity contribution in [3.05, 3.63) is 70.0 Å². The maximum absolute atomic E-state index is 13.7. The Morgan fingerprint density at radius 3 is 2.35 bits per heavy atom. The molecule has 1 aromatic heterocycles. The smallest absolute Gasteiger partial charge is 0.262 e. The van der Waals surface area contributed by atoms with Gasteiger partial charge in [-0.2, -0.15) is 0 Å². The maximum Gasteiger partial charge on any atom is 0.262 e. The van der Waals surface area contributed by atoms with E-state index in [4.69, 9.17) is 33.4 Å². The van der Waals surface area contributed by atoms with Gasteiger partial charge in [0, 0.05) is 32.1 Å². The van der Waals surface area contributed by atoms with E-state index in [-0.39, 0.29) is 36.7 Å². The minimum absolute atomic E-state index is 0.0494. The fourth-order valence-corrected chi connectivity index (χ4v) is 6.39. The third kappa shape index (κ3) is 8.31. The van der Waals surface area contributed by atoms with Crippen molar-refractivity contribution in [1.82, 2.24) is 20.2 Å². The van der Waals surface area contributed by atoms with Gasteiger partial charge in [-0.25, -0.2) is 4.98 Å². The second-order valence-electron chi connectivity index (χ2n) is 11.4. The first-order valence-electron chi connectivity index (χ1n) is 16.0. The van der Waals surface area contributed by atoms with E-state index in [0.29, 0.717) is 95.9 Å². The molecule has 49 heavy (non-hydrogen) atoms. The summed E-state index contributed by atoms with van der Waals surface area (Å²) < 4.78 is 34.0. The lowest BCUT2D eigenvalue weighted by Crippen LogP contribution is -2.28. The molecular formula is C35H38N4O9S. The van der Waals surface area contributed by atoms with E-state index < -0.39 is 0 Å². The van der Waals surface area contributed by atoms with Crippen molar-refractivity contribution < 1.29 is 38.0 Å². The molecule has 0 unspecified atom stereocenters. The molecule has 3 aromatic carbocycles. The normalized spacial score (nSPS) is 12.6. The number of nitrogens with one attached hydrogen (secondary N) is 2. The van der Waals surface area contributed by atoms with Crippen molar-refractivity contribution in [2.24, 2.45) is 0 Å². The summed E-state index contributed by atoms with van der Waals surface area (Å²) in [6.45, 7) is 1.50. The first-order chi connectivity index (χ1) is 23.9. The second kappa shape index (κ2) is 15.9. The van der Waals surface area contributed by atoms with Gasteiger partial charge in [0.2, 0.25) is 25.4 Å². The van der Waals surface area contributed by atoms with Crippen LogP contribution in [0.25, 0.3) is 10.9 Å². The van der Waals surface area contributed by atoms with E-state index in [2.05, 4.69) is 10.6 Å². The van der Waals surface area contributed by atoms with E-state index in [1.807, 2.05) is 36.4 Å². The van der Waals surface area contributed by atoms with E-state index in [9.17, 15) is 14.4 Å². The van der Waals surface area contributed by atoms with Crippen LogP contribution in [0.5, 0.6) is 34.5 Å². The van der Waals surface area contributed by atoms with E-state index in [0.717, 1.165) is 17.5 Å². The van der Waals surface area contributed by atoms with Gasteiger partial charge < -0.3 is 39.1 Å². The van der Waals surface area contributed by atoms with Crippen LogP contribution in [0.1, 0.15) is 36.8 Å². The number of carbonyl (C=O) groups excluding carboxylic acids is 2. The SMILES string of the molecule is COc1ccc(CCNC(=O)CSc2nc3cc4c(cc3c(=O)n2CCCCCC(=O)NCc2ccc3c(c2)OCO3)OCO4)cc1OC. The molecule has 0 bridgehead atoms. The predicted octanol–water partition coefficient (Wildman–Crippen LogP) is 4.20. The summed E-state index contributed by atoms with van der Waals surface area (Å²) in [5, 5.41) is 6.74. The van der Waals surface area contributed by atoms with Crippen molar-refractivity contribution in [1.29, 1.82) is 0 Å². The quantitative estimate of drug-likeness (QED) is 0.0990. The number of aromatic nitrogens is 2. The van der Waals surface area contributed by atoms with Crippen LogP contribution in [-0.2, 0) is 29.1 Å². The van der Waals surface area contributed by atoms with E-state index in [1.165, 1.54) is 11.8 Å².